The molecule has 0 fully saturated rings. The van der Waals surface area contributed by atoms with Crippen LogP contribution in [0.1, 0.15) is 5.56 Å². The minimum atomic E-state index is -5.91. The highest BCUT2D eigenvalue weighted by molar-refractivity contribution is 6.31. The summed E-state index contributed by atoms with van der Waals surface area (Å²) in [6.45, 7) is 0. The highest BCUT2D eigenvalue weighted by Crippen LogP contribution is 2.47. The van der Waals surface area contributed by atoms with Crippen LogP contribution >= 0.6 is 11.6 Å². The molecule has 1 aromatic carbocycles. The first kappa shape index (κ1) is 13.9. The van der Waals surface area contributed by atoms with Crippen molar-refractivity contribution in [3.05, 3.63) is 41.2 Å². The maximum Gasteiger partial charge on any atom is 0.458 e. The number of benzene rings is 1. The number of halogens is 7. The molecule has 0 aliphatic heterocycles. The average molecular weight is 275 g/mol. The zero-order valence-corrected chi connectivity index (χ0v) is 8.79. The summed E-state index contributed by atoms with van der Waals surface area (Å²) in [5.74, 6) is -5.35. The minimum absolute atomic E-state index is 0.623. The van der Waals surface area contributed by atoms with Crippen LogP contribution < -0.4 is 0 Å². The van der Waals surface area contributed by atoms with Gasteiger partial charge in [0.2, 0.25) is 0 Å². The van der Waals surface area contributed by atoms with Crippen molar-refractivity contribution >= 4 is 17.2 Å². The van der Waals surface area contributed by atoms with Crippen LogP contribution in [0.5, 0.6) is 0 Å². The Morgan fingerprint density at radius 2 is 1.41 bits per heavy atom. The van der Waals surface area contributed by atoms with Crippen LogP contribution in [0.4, 0.5) is 26.3 Å². The predicted octanol–water partition coefficient (Wildman–Crippen LogP) is 4.76. The molecule has 0 amide bonds. The van der Waals surface area contributed by atoms with E-state index in [9.17, 15) is 26.3 Å². The number of allylic oxidation sites excluding steroid dienone is 1. The molecule has 17 heavy (non-hydrogen) atoms. The molecule has 0 heterocycles. The van der Waals surface area contributed by atoms with Crippen molar-refractivity contribution in [1.29, 1.82) is 0 Å². The summed E-state index contributed by atoms with van der Waals surface area (Å²) >= 11 is 4.70. The normalized spacial score (nSPS) is 14.5. The fourth-order valence-electron chi connectivity index (χ4n) is 1.16. The summed E-state index contributed by atoms with van der Waals surface area (Å²) in [4.78, 5) is 0. The van der Waals surface area contributed by atoms with E-state index in [0.717, 1.165) is 12.1 Å². The maximum atomic E-state index is 13.0. The highest BCUT2D eigenvalue weighted by Gasteiger charge is 2.61. The molecule has 0 unspecified atom stereocenters. The summed E-state index contributed by atoms with van der Waals surface area (Å²) in [6, 6.07) is 5.61. The first-order chi connectivity index (χ1) is 7.68. The predicted molar refractivity (Wildman–Crippen MR) is 51.3 cm³/mol. The summed E-state index contributed by atoms with van der Waals surface area (Å²) in [5, 5.41) is -2.08. The number of hydrogen-bond donors (Lipinski definition) is 0. The van der Waals surface area contributed by atoms with E-state index in [0.29, 0.717) is 0 Å². The highest BCUT2D eigenvalue weighted by atomic mass is 35.5. The molecule has 7 heteroatoms. The van der Waals surface area contributed by atoms with Crippen LogP contribution in [-0.2, 0) is 0 Å². The van der Waals surface area contributed by atoms with E-state index in [1.807, 2.05) is 0 Å². The van der Waals surface area contributed by atoms with E-state index in [1.54, 1.807) is 0 Å². The van der Waals surface area contributed by atoms with E-state index in [4.69, 9.17) is 11.6 Å². The second-order valence-corrected chi connectivity index (χ2v) is 3.41. The molecular weight excluding hydrogens is 270 g/mol. The fourth-order valence-corrected chi connectivity index (χ4v) is 1.38. The fraction of sp³-hybridized carbons (Fsp3) is 0.200. The topological polar surface area (TPSA) is 0 Å². The monoisotopic (exact) mass is 274 g/mol. The Balaban J connectivity index is 3.38. The first-order valence-corrected chi connectivity index (χ1v) is 4.61. The second-order valence-electron chi connectivity index (χ2n) is 3.07. The molecule has 94 valence electrons. The van der Waals surface area contributed by atoms with E-state index >= 15 is 0 Å². The van der Waals surface area contributed by atoms with E-state index in [1.165, 1.54) is 18.2 Å². The molecule has 0 atom stereocenters. The summed E-state index contributed by atoms with van der Waals surface area (Å²) < 4.78 is 75.2. The Bertz CT molecular complexity index is 416. The molecule has 1 aromatic rings. The van der Waals surface area contributed by atoms with Crippen molar-refractivity contribution in [2.24, 2.45) is 0 Å². The van der Waals surface area contributed by atoms with Crippen molar-refractivity contribution in [3.63, 3.8) is 0 Å². The van der Waals surface area contributed by atoms with Gasteiger partial charge in [-0.05, 0) is 5.56 Å². The van der Waals surface area contributed by atoms with Crippen LogP contribution in [0.3, 0.4) is 0 Å². The Labute approximate surface area is 97.5 Å². The molecule has 0 bridgehead atoms. The quantitative estimate of drug-likeness (QED) is 0.682. The van der Waals surface area contributed by atoms with Gasteiger partial charge in [-0.15, -0.1) is 0 Å². The van der Waals surface area contributed by atoms with Gasteiger partial charge in [0.05, 0.1) is 5.57 Å². The summed E-state index contributed by atoms with van der Waals surface area (Å²) in [6.07, 6.45) is -5.91. The zero-order valence-electron chi connectivity index (χ0n) is 8.03. The smallest absolute Gasteiger partial charge is 0.193 e. The Kier molecular flexibility index (Phi) is 3.76. The zero-order chi connectivity index (χ0) is 13.3. The second kappa shape index (κ2) is 4.60. The minimum Gasteiger partial charge on any atom is -0.193 e. The Morgan fingerprint density at radius 3 is 1.76 bits per heavy atom. The van der Waals surface area contributed by atoms with Crippen molar-refractivity contribution in [2.75, 3.05) is 0 Å². The van der Waals surface area contributed by atoms with Crippen LogP contribution in [0, 0.1) is 0 Å². The SMILES string of the molecule is F/C(Cl)=C(/c1ccccc1)C(F)(F)C(F)(F)F. The third-order valence-electron chi connectivity index (χ3n) is 1.92. The van der Waals surface area contributed by atoms with Gasteiger partial charge in [-0.3, -0.25) is 0 Å². The van der Waals surface area contributed by atoms with Crippen molar-refractivity contribution in [1.82, 2.24) is 0 Å². The van der Waals surface area contributed by atoms with E-state index < -0.39 is 28.5 Å². The largest absolute Gasteiger partial charge is 0.458 e. The van der Waals surface area contributed by atoms with Gasteiger partial charge in [-0.2, -0.15) is 26.3 Å². The van der Waals surface area contributed by atoms with E-state index in [-0.39, 0.29) is 0 Å². The van der Waals surface area contributed by atoms with Crippen molar-refractivity contribution in [2.45, 2.75) is 12.1 Å². The van der Waals surface area contributed by atoms with Gasteiger partial charge in [0.15, 0.2) is 5.29 Å². The molecule has 0 aliphatic carbocycles. The Hall–Kier alpha value is -1.17. The van der Waals surface area contributed by atoms with Crippen LogP contribution in [-0.4, -0.2) is 12.1 Å². The number of rotatable bonds is 2. The van der Waals surface area contributed by atoms with Gasteiger partial charge in [0.1, 0.15) is 0 Å². The molecule has 0 saturated carbocycles. The first-order valence-electron chi connectivity index (χ1n) is 4.23. The average Bonchev–Trinajstić information content (AvgIpc) is 2.16. The molecule has 0 saturated heterocycles. The number of alkyl halides is 5. The molecule has 1 rings (SSSR count). The van der Waals surface area contributed by atoms with Gasteiger partial charge >= 0.3 is 12.1 Å². The standard InChI is InChI=1S/C10H5ClF6/c11-8(12)7(6-4-2-1-3-5-6)9(13,14)10(15,16)17/h1-5H/b8-7-. The molecule has 0 nitrogen and oxygen atoms in total. The molecule has 0 aliphatic rings. The maximum absolute atomic E-state index is 13.0. The van der Waals surface area contributed by atoms with Gasteiger partial charge in [-0.25, -0.2) is 0 Å². The lowest BCUT2D eigenvalue weighted by Crippen LogP contribution is -2.37. The third-order valence-corrected chi connectivity index (χ3v) is 2.11. The Morgan fingerprint density at radius 1 is 0.941 bits per heavy atom. The van der Waals surface area contributed by atoms with Gasteiger partial charge in [0, 0.05) is 0 Å². The number of hydrogen-bond acceptors (Lipinski definition) is 0. The molecule has 0 radical (unpaired) electrons. The van der Waals surface area contributed by atoms with Gasteiger partial charge in [0.25, 0.3) is 0 Å². The summed E-state index contributed by atoms with van der Waals surface area (Å²) in [7, 11) is 0. The lowest BCUT2D eigenvalue weighted by atomic mass is 10.0. The molecular formula is C10H5ClF6. The summed E-state index contributed by atoms with van der Waals surface area (Å²) in [5.41, 5.74) is -2.51. The van der Waals surface area contributed by atoms with Crippen molar-refractivity contribution < 1.29 is 26.3 Å². The molecule has 0 N–H and O–H groups in total. The van der Waals surface area contributed by atoms with Crippen LogP contribution in [0.25, 0.3) is 5.57 Å². The third kappa shape index (κ3) is 2.74. The van der Waals surface area contributed by atoms with Gasteiger partial charge in [-0.1, -0.05) is 41.9 Å². The van der Waals surface area contributed by atoms with Crippen LogP contribution in [0.15, 0.2) is 35.6 Å². The van der Waals surface area contributed by atoms with Crippen molar-refractivity contribution in [3.8, 4) is 0 Å². The lowest BCUT2D eigenvalue weighted by Gasteiger charge is -2.22. The van der Waals surface area contributed by atoms with Crippen LogP contribution in [0.2, 0.25) is 0 Å². The lowest BCUT2D eigenvalue weighted by molar-refractivity contribution is -0.254. The molecule has 0 spiro atoms. The van der Waals surface area contributed by atoms with Gasteiger partial charge < -0.3 is 0 Å². The molecule has 0 aromatic heterocycles. The van der Waals surface area contributed by atoms with E-state index in [2.05, 4.69) is 0 Å².